The summed E-state index contributed by atoms with van der Waals surface area (Å²) in [6.07, 6.45) is 0. The molecule has 1 aromatic heterocycles. The first kappa shape index (κ1) is 14.4. The summed E-state index contributed by atoms with van der Waals surface area (Å²) in [6.45, 7) is 1.89. The fourth-order valence-electron chi connectivity index (χ4n) is 1.91. The van der Waals surface area contributed by atoms with Crippen LogP contribution in [-0.4, -0.2) is 35.5 Å². The van der Waals surface area contributed by atoms with E-state index in [4.69, 9.17) is 14.6 Å². The van der Waals surface area contributed by atoms with Crippen LogP contribution >= 0.6 is 15.9 Å². The van der Waals surface area contributed by atoms with Crippen LogP contribution in [0.25, 0.3) is 11.3 Å². The van der Waals surface area contributed by atoms with Crippen LogP contribution in [0.4, 0.5) is 0 Å². The van der Waals surface area contributed by atoms with Crippen molar-refractivity contribution in [2.24, 2.45) is 0 Å². The molecular weight excluding hydrogens is 328 g/mol. The van der Waals surface area contributed by atoms with Crippen LogP contribution in [0.2, 0.25) is 0 Å². The van der Waals surface area contributed by atoms with Gasteiger partial charge in [0.05, 0.1) is 19.9 Å². The van der Waals surface area contributed by atoms with E-state index in [1.807, 2.05) is 13.0 Å². The molecular formula is C13H13BrN2O4. The molecule has 106 valence electrons. The van der Waals surface area contributed by atoms with Crippen LogP contribution in [0.1, 0.15) is 16.1 Å². The molecule has 0 aliphatic rings. The lowest BCUT2D eigenvalue weighted by Crippen LogP contribution is -1.97. The van der Waals surface area contributed by atoms with Crippen LogP contribution in [0.5, 0.6) is 11.5 Å². The third-order valence-electron chi connectivity index (χ3n) is 2.91. The second-order valence-corrected chi connectivity index (χ2v) is 4.92. The van der Waals surface area contributed by atoms with Crippen molar-refractivity contribution in [3.63, 3.8) is 0 Å². The quantitative estimate of drug-likeness (QED) is 0.893. The Hall–Kier alpha value is -2.02. The number of rotatable bonds is 4. The van der Waals surface area contributed by atoms with E-state index < -0.39 is 5.97 Å². The predicted octanol–water partition coefficient (Wildman–Crippen LogP) is 2.86. The maximum absolute atomic E-state index is 10.9. The van der Waals surface area contributed by atoms with E-state index in [-0.39, 0.29) is 5.69 Å². The van der Waals surface area contributed by atoms with Crippen molar-refractivity contribution in [3.05, 3.63) is 27.9 Å². The van der Waals surface area contributed by atoms with Crippen LogP contribution in [0.15, 0.2) is 16.6 Å². The molecule has 0 unspecified atom stereocenters. The zero-order valence-electron chi connectivity index (χ0n) is 11.2. The largest absolute Gasteiger partial charge is 0.493 e. The molecule has 0 aliphatic heterocycles. The first-order valence-electron chi connectivity index (χ1n) is 5.69. The smallest absolute Gasteiger partial charge is 0.353 e. The Morgan fingerprint density at radius 2 is 1.95 bits per heavy atom. The lowest BCUT2D eigenvalue weighted by molar-refractivity contribution is 0.0690. The molecule has 2 aromatic rings. The number of methoxy groups -OCH3 is 2. The van der Waals surface area contributed by atoms with Gasteiger partial charge >= 0.3 is 5.97 Å². The minimum absolute atomic E-state index is 0.0118. The number of hydrogen-bond donors (Lipinski definition) is 2. The number of aromatic nitrogens is 2. The van der Waals surface area contributed by atoms with Gasteiger partial charge in [-0.15, -0.1) is 0 Å². The topological polar surface area (TPSA) is 84.4 Å². The number of aromatic amines is 1. The van der Waals surface area contributed by atoms with E-state index in [1.165, 1.54) is 13.2 Å². The zero-order chi connectivity index (χ0) is 14.9. The van der Waals surface area contributed by atoms with E-state index in [2.05, 4.69) is 26.1 Å². The molecule has 0 saturated heterocycles. The van der Waals surface area contributed by atoms with E-state index in [0.717, 1.165) is 10.0 Å². The molecule has 20 heavy (non-hydrogen) atoms. The molecule has 0 bridgehead atoms. The minimum Gasteiger partial charge on any atom is -0.493 e. The summed E-state index contributed by atoms with van der Waals surface area (Å²) >= 11 is 3.44. The van der Waals surface area contributed by atoms with E-state index in [0.29, 0.717) is 22.8 Å². The molecule has 2 rings (SSSR count). The standard InChI is InChI=1S/C13H13BrN2O4/c1-6-8(14)4-7(12(20-3)11(6)19-2)9-5-10(13(17)18)16-15-9/h4-5H,1-3H3,(H,15,16)(H,17,18). The number of carboxylic acids is 1. The molecule has 0 fully saturated rings. The molecule has 7 heteroatoms. The molecule has 1 heterocycles. The van der Waals surface area contributed by atoms with Gasteiger partial charge in [-0.2, -0.15) is 5.10 Å². The molecule has 2 N–H and O–H groups in total. The van der Waals surface area contributed by atoms with Gasteiger partial charge in [-0.1, -0.05) is 15.9 Å². The Kier molecular flexibility index (Phi) is 3.99. The van der Waals surface area contributed by atoms with Gasteiger partial charge in [0.2, 0.25) is 0 Å². The zero-order valence-corrected chi connectivity index (χ0v) is 12.7. The number of aromatic carboxylic acids is 1. The van der Waals surface area contributed by atoms with Gasteiger partial charge in [0, 0.05) is 15.6 Å². The summed E-state index contributed by atoms with van der Waals surface area (Å²) < 4.78 is 11.6. The molecule has 0 radical (unpaired) electrons. The number of nitrogens with zero attached hydrogens (tertiary/aromatic N) is 1. The highest BCUT2D eigenvalue weighted by Crippen LogP contribution is 2.43. The van der Waals surface area contributed by atoms with Crippen molar-refractivity contribution in [3.8, 4) is 22.8 Å². The van der Waals surface area contributed by atoms with Gasteiger partial charge in [0.1, 0.15) is 5.69 Å². The summed E-state index contributed by atoms with van der Waals surface area (Å²) in [5, 5.41) is 15.4. The number of H-pyrrole nitrogens is 1. The van der Waals surface area contributed by atoms with Crippen LogP contribution in [-0.2, 0) is 0 Å². The average Bonchev–Trinajstić information content (AvgIpc) is 2.90. The van der Waals surface area contributed by atoms with Gasteiger partial charge in [-0.25, -0.2) is 4.79 Å². The highest BCUT2D eigenvalue weighted by molar-refractivity contribution is 9.10. The van der Waals surface area contributed by atoms with Crippen molar-refractivity contribution < 1.29 is 19.4 Å². The minimum atomic E-state index is -1.07. The summed E-state index contributed by atoms with van der Waals surface area (Å²) in [6, 6.07) is 3.26. The maximum Gasteiger partial charge on any atom is 0.353 e. The van der Waals surface area contributed by atoms with Crippen molar-refractivity contribution in [2.75, 3.05) is 14.2 Å². The van der Waals surface area contributed by atoms with E-state index in [1.54, 1.807) is 7.11 Å². The second-order valence-electron chi connectivity index (χ2n) is 4.07. The molecule has 0 amide bonds. The first-order valence-corrected chi connectivity index (χ1v) is 6.49. The Bertz CT molecular complexity index is 667. The molecule has 1 aromatic carbocycles. The predicted molar refractivity (Wildman–Crippen MR) is 76.5 cm³/mol. The number of hydrogen-bond acceptors (Lipinski definition) is 4. The lowest BCUT2D eigenvalue weighted by Gasteiger charge is -2.15. The number of carbonyl (C=O) groups is 1. The Balaban J connectivity index is 2.66. The van der Waals surface area contributed by atoms with Gasteiger partial charge in [-0.05, 0) is 19.1 Å². The normalized spacial score (nSPS) is 10.4. The van der Waals surface area contributed by atoms with Crippen molar-refractivity contribution in [1.29, 1.82) is 0 Å². The second kappa shape index (κ2) is 5.54. The maximum atomic E-state index is 10.9. The number of ether oxygens (including phenoxy) is 2. The van der Waals surface area contributed by atoms with E-state index in [9.17, 15) is 4.79 Å². The fourth-order valence-corrected chi connectivity index (χ4v) is 2.32. The Morgan fingerprint density at radius 3 is 2.45 bits per heavy atom. The molecule has 0 atom stereocenters. The Morgan fingerprint density at radius 1 is 1.30 bits per heavy atom. The monoisotopic (exact) mass is 340 g/mol. The summed E-state index contributed by atoms with van der Waals surface area (Å²) in [7, 11) is 3.08. The Labute approximate surface area is 123 Å². The molecule has 6 nitrogen and oxygen atoms in total. The van der Waals surface area contributed by atoms with Gasteiger partial charge in [0.25, 0.3) is 0 Å². The van der Waals surface area contributed by atoms with Crippen LogP contribution in [0, 0.1) is 6.92 Å². The number of halogens is 1. The molecule has 0 saturated carbocycles. The molecule has 0 aliphatic carbocycles. The highest BCUT2D eigenvalue weighted by Gasteiger charge is 2.20. The third kappa shape index (κ3) is 2.36. The van der Waals surface area contributed by atoms with Crippen LogP contribution < -0.4 is 9.47 Å². The van der Waals surface area contributed by atoms with Crippen molar-refractivity contribution >= 4 is 21.9 Å². The summed E-state index contributed by atoms with van der Waals surface area (Å²) in [5.74, 6) is 0.0225. The summed E-state index contributed by atoms with van der Waals surface area (Å²) in [4.78, 5) is 10.9. The average molecular weight is 341 g/mol. The first-order chi connectivity index (χ1) is 9.49. The van der Waals surface area contributed by atoms with Gasteiger partial charge in [-0.3, -0.25) is 5.10 Å². The lowest BCUT2D eigenvalue weighted by atomic mass is 10.1. The number of carboxylic acid groups (broad SMARTS) is 1. The number of nitrogens with one attached hydrogen (secondary N) is 1. The number of benzene rings is 1. The van der Waals surface area contributed by atoms with Crippen molar-refractivity contribution in [1.82, 2.24) is 10.2 Å². The van der Waals surface area contributed by atoms with Gasteiger partial charge in [0.15, 0.2) is 11.5 Å². The van der Waals surface area contributed by atoms with Crippen molar-refractivity contribution in [2.45, 2.75) is 6.92 Å². The van der Waals surface area contributed by atoms with Gasteiger partial charge < -0.3 is 14.6 Å². The SMILES string of the molecule is COc1c(-c2cc(C(=O)O)[nH]n2)cc(Br)c(C)c1OC. The van der Waals surface area contributed by atoms with E-state index >= 15 is 0 Å². The fraction of sp³-hybridized carbons (Fsp3) is 0.231. The molecule has 0 spiro atoms. The highest BCUT2D eigenvalue weighted by atomic mass is 79.9. The van der Waals surface area contributed by atoms with Crippen LogP contribution in [0.3, 0.4) is 0 Å². The summed E-state index contributed by atoms with van der Waals surface area (Å²) in [5.41, 5.74) is 2.02. The third-order valence-corrected chi connectivity index (χ3v) is 3.74.